The molecular weight excluding hydrogens is 206 g/mol. The van der Waals surface area contributed by atoms with Gasteiger partial charge in [-0.3, -0.25) is 4.79 Å². The summed E-state index contributed by atoms with van der Waals surface area (Å²) in [5.74, 6) is 0.903. The van der Waals surface area contributed by atoms with Crippen LogP contribution in [0.25, 0.3) is 0 Å². The zero-order valence-corrected chi connectivity index (χ0v) is 10.5. The van der Waals surface area contributed by atoms with Crippen LogP contribution in [0.1, 0.15) is 40.5 Å². The molecule has 0 aliphatic heterocycles. The number of amides is 1. The molecule has 0 unspecified atom stereocenters. The number of hydrogen-bond donors (Lipinski definition) is 1. The Morgan fingerprint density at radius 3 is 2.31 bits per heavy atom. The van der Waals surface area contributed by atoms with Crippen LogP contribution in [0, 0.1) is 11.8 Å². The lowest BCUT2D eigenvalue weighted by molar-refractivity contribution is -0.124. The molecule has 0 atom stereocenters. The molecular formula is C12H21NO3. The molecule has 4 nitrogen and oxygen atoms in total. The van der Waals surface area contributed by atoms with E-state index in [2.05, 4.69) is 5.32 Å². The molecule has 0 heterocycles. The lowest BCUT2D eigenvalue weighted by atomic mass is 9.73. The van der Waals surface area contributed by atoms with Crippen molar-refractivity contribution in [2.45, 2.75) is 46.1 Å². The molecule has 1 saturated carbocycles. The summed E-state index contributed by atoms with van der Waals surface area (Å²) in [6.45, 7) is 7.74. The van der Waals surface area contributed by atoms with Gasteiger partial charge in [-0.25, -0.2) is 4.79 Å². The highest BCUT2D eigenvalue weighted by molar-refractivity contribution is 5.79. The minimum absolute atomic E-state index is 0.213. The number of carbonyl (C=O) groups excluding carboxylic acids is 2. The number of hydrogen-bond acceptors (Lipinski definition) is 3. The van der Waals surface area contributed by atoms with Gasteiger partial charge in [0.25, 0.3) is 0 Å². The Morgan fingerprint density at radius 1 is 1.31 bits per heavy atom. The maximum Gasteiger partial charge on any atom is 0.407 e. The van der Waals surface area contributed by atoms with Crippen molar-refractivity contribution in [2.24, 2.45) is 11.8 Å². The van der Waals surface area contributed by atoms with E-state index in [-0.39, 0.29) is 17.8 Å². The predicted octanol–water partition coefficient (Wildman–Crippen LogP) is 2.13. The molecule has 0 bridgehead atoms. The SMILES string of the molecule is CC(=O)C1CC(CNC(=O)OC(C)(C)C)C1. The number of ether oxygens (including phenoxy) is 1. The molecule has 1 amide bonds. The van der Waals surface area contributed by atoms with Gasteiger partial charge in [0.2, 0.25) is 0 Å². The Balaban J connectivity index is 2.13. The van der Waals surface area contributed by atoms with Crippen LogP contribution >= 0.6 is 0 Å². The molecule has 1 fully saturated rings. The van der Waals surface area contributed by atoms with Crippen molar-refractivity contribution >= 4 is 11.9 Å². The van der Waals surface area contributed by atoms with E-state index < -0.39 is 5.60 Å². The van der Waals surface area contributed by atoms with Gasteiger partial charge in [0.05, 0.1) is 0 Å². The molecule has 1 N–H and O–H groups in total. The van der Waals surface area contributed by atoms with Crippen LogP contribution in [0.3, 0.4) is 0 Å². The van der Waals surface area contributed by atoms with Crippen molar-refractivity contribution in [3.63, 3.8) is 0 Å². The second kappa shape index (κ2) is 4.85. The van der Waals surface area contributed by atoms with Crippen LogP contribution in [-0.4, -0.2) is 24.0 Å². The molecule has 0 saturated heterocycles. The molecule has 0 aromatic rings. The highest BCUT2D eigenvalue weighted by Crippen LogP contribution is 2.33. The topological polar surface area (TPSA) is 55.4 Å². The van der Waals surface area contributed by atoms with Crippen LogP contribution < -0.4 is 5.32 Å². The molecule has 0 radical (unpaired) electrons. The predicted molar refractivity (Wildman–Crippen MR) is 61.1 cm³/mol. The number of carbonyl (C=O) groups is 2. The average molecular weight is 227 g/mol. The third-order valence-corrected chi connectivity index (χ3v) is 2.74. The van der Waals surface area contributed by atoms with Crippen molar-refractivity contribution in [3.05, 3.63) is 0 Å². The van der Waals surface area contributed by atoms with Crippen molar-refractivity contribution in [1.82, 2.24) is 5.32 Å². The molecule has 4 heteroatoms. The van der Waals surface area contributed by atoms with Crippen molar-refractivity contribution < 1.29 is 14.3 Å². The van der Waals surface area contributed by atoms with E-state index in [4.69, 9.17) is 4.74 Å². The molecule has 0 spiro atoms. The number of nitrogens with one attached hydrogen (secondary N) is 1. The zero-order chi connectivity index (χ0) is 12.3. The van der Waals surface area contributed by atoms with Gasteiger partial charge < -0.3 is 10.1 Å². The Hall–Kier alpha value is -1.06. The van der Waals surface area contributed by atoms with Gasteiger partial charge in [0.15, 0.2) is 0 Å². The van der Waals surface area contributed by atoms with E-state index in [9.17, 15) is 9.59 Å². The first kappa shape index (κ1) is 13.0. The second-order valence-electron chi connectivity index (χ2n) is 5.53. The van der Waals surface area contributed by atoms with Crippen molar-refractivity contribution in [1.29, 1.82) is 0 Å². The van der Waals surface area contributed by atoms with E-state index >= 15 is 0 Å². The van der Waals surface area contributed by atoms with Crippen molar-refractivity contribution in [3.8, 4) is 0 Å². The fourth-order valence-electron chi connectivity index (χ4n) is 1.78. The van der Waals surface area contributed by atoms with Gasteiger partial charge in [-0.2, -0.15) is 0 Å². The molecule has 92 valence electrons. The molecule has 1 rings (SSSR count). The van der Waals surface area contributed by atoms with Gasteiger partial charge in [-0.15, -0.1) is 0 Å². The summed E-state index contributed by atoms with van der Waals surface area (Å²) >= 11 is 0. The van der Waals surface area contributed by atoms with Crippen LogP contribution in [0.2, 0.25) is 0 Å². The molecule has 1 aliphatic rings. The highest BCUT2D eigenvalue weighted by Gasteiger charge is 2.32. The number of ketones is 1. The Kier molecular flexibility index (Phi) is 3.94. The lowest BCUT2D eigenvalue weighted by Crippen LogP contribution is -2.40. The fraction of sp³-hybridized carbons (Fsp3) is 0.833. The normalized spacial score (nSPS) is 24.5. The minimum atomic E-state index is -0.453. The molecule has 0 aromatic carbocycles. The summed E-state index contributed by atoms with van der Waals surface area (Å²) in [4.78, 5) is 22.3. The van der Waals surface area contributed by atoms with Gasteiger partial charge >= 0.3 is 6.09 Å². The fourth-order valence-corrected chi connectivity index (χ4v) is 1.78. The third-order valence-electron chi connectivity index (χ3n) is 2.74. The van der Waals surface area contributed by atoms with E-state index in [1.54, 1.807) is 6.92 Å². The number of rotatable bonds is 3. The first-order valence-electron chi connectivity index (χ1n) is 5.75. The summed E-state index contributed by atoms with van der Waals surface area (Å²) in [6.07, 6.45) is 1.41. The third kappa shape index (κ3) is 4.21. The maximum absolute atomic E-state index is 11.3. The second-order valence-corrected chi connectivity index (χ2v) is 5.53. The summed E-state index contributed by atoms with van der Waals surface area (Å²) in [5.41, 5.74) is -0.453. The Labute approximate surface area is 96.7 Å². The first-order chi connectivity index (χ1) is 7.28. The molecule has 1 aliphatic carbocycles. The summed E-state index contributed by atoms with van der Waals surface area (Å²) < 4.78 is 5.11. The molecule has 16 heavy (non-hydrogen) atoms. The average Bonchev–Trinajstić information content (AvgIpc) is 1.96. The quantitative estimate of drug-likeness (QED) is 0.803. The standard InChI is InChI=1S/C12H21NO3/c1-8(14)10-5-9(6-10)7-13-11(15)16-12(2,3)4/h9-10H,5-7H2,1-4H3,(H,13,15). The first-order valence-corrected chi connectivity index (χ1v) is 5.75. The van der Waals surface area contributed by atoms with E-state index in [1.807, 2.05) is 20.8 Å². The minimum Gasteiger partial charge on any atom is -0.444 e. The summed E-state index contributed by atoms with van der Waals surface area (Å²) in [5, 5.41) is 2.73. The largest absolute Gasteiger partial charge is 0.444 e. The van der Waals surface area contributed by atoms with Gasteiger partial charge in [0, 0.05) is 12.5 Å². The van der Waals surface area contributed by atoms with E-state index in [0.29, 0.717) is 12.5 Å². The zero-order valence-electron chi connectivity index (χ0n) is 10.5. The number of Topliss-reactive ketones (excluding diaryl/α,β-unsaturated/α-hetero) is 1. The summed E-state index contributed by atoms with van der Waals surface area (Å²) in [6, 6.07) is 0. The molecule has 0 aromatic heterocycles. The van der Waals surface area contributed by atoms with E-state index in [0.717, 1.165) is 12.8 Å². The van der Waals surface area contributed by atoms with Crippen LogP contribution in [0.4, 0.5) is 4.79 Å². The van der Waals surface area contributed by atoms with Crippen molar-refractivity contribution in [2.75, 3.05) is 6.54 Å². The van der Waals surface area contributed by atoms with Gasteiger partial charge in [-0.1, -0.05) is 0 Å². The highest BCUT2D eigenvalue weighted by atomic mass is 16.6. The van der Waals surface area contributed by atoms with Crippen LogP contribution in [-0.2, 0) is 9.53 Å². The Morgan fingerprint density at radius 2 is 1.88 bits per heavy atom. The maximum atomic E-state index is 11.3. The lowest BCUT2D eigenvalue weighted by Gasteiger charge is -2.33. The monoisotopic (exact) mass is 227 g/mol. The smallest absolute Gasteiger partial charge is 0.407 e. The van der Waals surface area contributed by atoms with E-state index in [1.165, 1.54) is 0 Å². The van der Waals surface area contributed by atoms with Crippen LogP contribution in [0.5, 0.6) is 0 Å². The van der Waals surface area contributed by atoms with Gasteiger partial charge in [-0.05, 0) is 46.5 Å². The Bertz CT molecular complexity index is 274. The van der Waals surface area contributed by atoms with Gasteiger partial charge in [0.1, 0.15) is 11.4 Å². The summed E-state index contributed by atoms with van der Waals surface area (Å²) in [7, 11) is 0. The number of alkyl carbamates (subject to hydrolysis) is 1. The van der Waals surface area contributed by atoms with Crippen LogP contribution in [0.15, 0.2) is 0 Å².